The highest BCUT2D eigenvalue weighted by Crippen LogP contribution is 1.77. The zero-order chi connectivity index (χ0) is 5.21. The maximum absolute atomic E-state index is 10.7. The van der Waals surface area contributed by atoms with Gasteiger partial charge in [-0.3, -0.25) is 4.55 Å². The summed E-state index contributed by atoms with van der Waals surface area (Å²) in [7, 11) is -4.33. The van der Waals surface area contributed by atoms with Crippen LogP contribution >= 0.6 is 0 Å². The van der Waals surface area contributed by atoms with Gasteiger partial charge in [0.05, 0.1) is 0 Å². The second kappa shape index (κ2) is 3.59. The molecule has 0 bridgehead atoms. The molecule has 0 saturated carbocycles. The summed E-state index contributed by atoms with van der Waals surface area (Å²) in [6, 6.07) is -1.70. The summed E-state index contributed by atoms with van der Waals surface area (Å²) in [6.45, 7) is 0. The van der Waals surface area contributed by atoms with Gasteiger partial charge in [-0.25, -0.2) is 4.39 Å². The minimum absolute atomic E-state index is 0. The van der Waals surface area contributed by atoms with Crippen molar-refractivity contribution in [3.63, 3.8) is 0 Å². The van der Waals surface area contributed by atoms with Crippen LogP contribution in [0.3, 0.4) is 0 Å². The van der Waals surface area contributed by atoms with Crippen molar-refractivity contribution < 1.29 is 17.4 Å². The fourth-order valence-corrected chi connectivity index (χ4v) is 0. The number of halogens is 1. The maximum Gasteiger partial charge on any atom is 0.316 e. The highest BCUT2D eigenvalue weighted by Gasteiger charge is 1.97. The van der Waals surface area contributed by atoms with Crippen LogP contribution in [0.2, 0.25) is 0 Å². The van der Waals surface area contributed by atoms with Gasteiger partial charge in [-0.1, -0.05) is 0 Å². The summed E-state index contributed by atoms with van der Waals surface area (Å²) in [5.41, 5.74) is 0. The Morgan fingerprint density at radius 2 is 1.71 bits per heavy atom. The molecule has 0 aromatic heterocycles. The van der Waals surface area contributed by atoms with E-state index < -0.39 is 16.1 Å². The van der Waals surface area contributed by atoms with Crippen LogP contribution in [0, 0.1) is 0 Å². The van der Waals surface area contributed by atoms with Crippen LogP contribution in [-0.4, -0.2) is 42.0 Å². The van der Waals surface area contributed by atoms with Crippen molar-refractivity contribution in [3.05, 3.63) is 0 Å². The van der Waals surface area contributed by atoms with E-state index in [0.717, 1.165) is 0 Å². The average Bonchev–Trinajstić information content (AvgIpc) is 1.35. The fourth-order valence-electron chi connectivity index (χ4n) is 0. The molecule has 0 rings (SSSR count). The predicted molar refractivity (Wildman–Crippen MR) is 26.1 cm³/mol. The first kappa shape index (κ1) is 10.6. The van der Waals surface area contributed by atoms with Crippen molar-refractivity contribution >= 4 is 33.2 Å². The third-order valence-corrected chi connectivity index (χ3v) is 0.414. The molecule has 0 aromatic carbocycles. The van der Waals surface area contributed by atoms with Crippen molar-refractivity contribution in [3.8, 4) is 0 Å². The quantitative estimate of drug-likeness (QED) is 0.371. The first-order valence-electron chi connectivity index (χ1n) is 1.07. The van der Waals surface area contributed by atoms with E-state index in [1.54, 1.807) is 0 Å². The average molecular weight is 140 g/mol. The molecule has 0 aliphatic heterocycles. The van der Waals surface area contributed by atoms with Crippen molar-refractivity contribution in [2.24, 2.45) is 0 Å². The van der Waals surface area contributed by atoms with Gasteiger partial charge in [-0.2, -0.15) is 8.42 Å². The van der Waals surface area contributed by atoms with Crippen LogP contribution in [0.4, 0.5) is 4.39 Å². The van der Waals surface area contributed by atoms with E-state index in [9.17, 15) is 12.8 Å². The normalized spacial score (nSPS) is 10.0. The van der Waals surface area contributed by atoms with E-state index >= 15 is 0 Å². The summed E-state index contributed by atoms with van der Waals surface area (Å²) < 4.78 is 36.4. The van der Waals surface area contributed by atoms with Gasteiger partial charge < -0.3 is 0 Å². The largest absolute Gasteiger partial charge is 0.316 e. The zero-order valence-electron chi connectivity index (χ0n) is 2.76. The second-order valence-electron chi connectivity index (χ2n) is 0.691. The van der Waals surface area contributed by atoms with E-state index in [1.807, 2.05) is 0 Å². The van der Waals surface area contributed by atoms with Crippen LogP contribution in [-0.2, 0) is 10.1 Å². The maximum atomic E-state index is 10.7. The van der Waals surface area contributed by atoms with E-state index in [2.05, 4.69) is 0 Å². The molecular weight excluding hydrogens is 135 g/mol. The minimum atomic E-state index is -4.33. The lowest BCUT2D eigenvalue weighted by Gasteiger charge is -1.77. The molecule has 0 aliphatic carbocycles. The van der Waals surface area contributed by atoms with Gasteiger partial charge in [0.25, 0.3) is 10.1 Å². The molecular formula is CH5FMgO3S. The lowest BCUT2D eigenvalue weighted by Crippen LogP contribution is -1.96. The molecule has 1 N–H and O–H groups in total. The Balaban J connectivity index is 0. The fraction of sp³-hybridized carbons (Fsp3) is 1.00. The Morgan fingerprint density at radius 1 is 1.57 bits per heavy atom. The standard InChI is InChI=1S/CH3FO3S.Mg.2H/c2-1-6(3,4)5;;;/h1H2,(H,3,4,5);;;. The molecule has 0 saturated heterocycles. The van der Waals surface area contributed by atoms with Gasteiger partial charge in [0.15, 0.2) is 0 Å². The molecule has 0 aromatic rings. The smallest absolute Gasteiger partial charge is 0.284 e. The summed E-state index contributed by atoms with van der Waals surface area (Å²) in [6.07, 6.45) is 0. The minimum Gasteiger partial charge on any atom is -0.284 e. The van der Waals surface area contributed by atoms with E-state index in [0.29, 0.717) is 0 Å². The van der Waals surface area contributed by atoms with Crippen molar-refractivity contribution in [1.82, 2.24) is 0 Å². The first-order valence-corrected chi connectivity index (χ1v) is 2.68. The highest BCUT2D eigenvalue weighted by molar-refractivity contribution is 7.85. The molecule has 7 heavy (non-hydrogen) atoms. The van der Waals surface area contributed by atoms with Crippen molar-refractivity contribution in [1.29, 1.82) is 0 Å². The van der Waals surface area contributed by atoms with Gasteiger partial charge >= 0.3 is 23.1 Å². The molecule has 0 spiro atoms. The molecule has 0 amide bonds. The Morgan fingerprint density at radius 3 is 1.71 bits per heavy atom. The van der Waals surface area contributed by atoms with E-state index in [4.69, 9.17) is 4.55 Å². The Hall–Kier alpha value is 0.606. The van der Waals surface area contributed by atoms with Crippen LogP contribution in [0.1, 0.15) is 0 Å². The topological polar surface area (TPSA) is 54.4 Å². The van der Waals surface area contributed by atoms with Crippen LogP contribution in [0.25, 0.3) is 0 Å². The summed E-state index contributed by atoms with van der Waals surface area (Å²) in [5.74, 6) is 0. The Kier molecular flexibility index (Phi) is 5.41. The summed E-state index contributed by atoms with van der Waals surface area (Å²) >= 11 is 0. The number of alkyl halides is 1. The molecule has 0 heterocycles. The van der Waals surface area contributed by atoms with Crippen LogP contribution in [0.15, 0.2) is 0 Å². The molecule has 3 nitrogen and oxygen atoms in total. The third-order valence-electron chi connectivity index (χ3n) is 0.138. The van der Waals surface area contributed by atoms with Crippen LogP contribution < -0.4 is 0 Å². The van der Waals surface area contributed by atoms with Gasteiger partial charge in [0.1, 0.15) is 0 Å². The summed E-state index contributed by atoms with van der Waals surface area (Å²) in [4.78, 5) is 0. The number of rotatable bonds is 1. The molecule has 0 atom stereocenters. The lowest BCUT2D eigenvalue weighted by atomic mass is 11.8. The van der Waals surface area contributed by atoms with Crippen molar-refractivity contribution in [2.45, 2.75) is 0 Å². The van der Waals surface area contributed by atoms with Gasteiger partial charge in [-0.05, 0) is 0 Å². The molecule has 0 radical (unpaired) electrons. The van der Waals surface area contributed by atoms with Gasteiger partial charge in [0.2, 0.25) is 6.01 Å². The van der Waals surface area contributed by atoms with Gasteiger partial charge in [-0.15, -0.1) is 0 Å². The highest BCUT2D eigenvalue weighted by atomic mass is 32.2. The molecule has 0 fully saturated rings. The molecule has 0 aliphatic rings. The number of hydrogen-bond acceptors (Lipinski definition) is 2. The molecule has 42 valence electrons. The first-order chi connectivity index (χ1) is 2.56. The summed E-state index contributed by atoms with van der Waals surface area (Å²) in [5, 5.41) is 0. The van der Waals surface area contributed by atoms with Gasteiger partial charge in [0, 0.05) is 0 Å². The number of hydrogen-bond donors (Lipinski definition) is 1. The van der Waals surface area contributed by atoms with Crippen molar-refractivity contribution in [2.75, 3.05) is 6.01 Å². The monoisotopic (exact) mass is 140 g/mol. The Bertz CT molecular complexity index is 117. The van der Waals surface area contributed by atoms with E-state index in [1.165, 1.54) is 0 Å². The molecule has 6 heteroatoms. The zero-order valence-corrected chi connectivity index (χ0v) is 3.57. The Labute approximate surface area is 56.8 Å². The third kappa shape index (κ3) is 10.8. The lowest BCUT2D eigenvalue weighted by molar-refractivity contribution is 0.447. The van der Waals surface area contributed by atoms with Crippen LogP contribution in [0.5, 0.6) is 0 Å². The second-order valence-corrected chi connectivity index (χ2v) is 2.07. The van der Waals surface area contributed by atoms with E-state index in [-0.39, 0.29) is 23.1 Å². The predicted octanol–water partition coefficient (Wildman–Crippen LogP) is -1.11. The molecule has 0 unspecified atom stereocenters. The SMILES string of the molecule is O=S(=O)(O)CF.[MgH2].